The standard InChI is InChI=1S/C26H22FN3O2/c27-24-10-4-9-23(21-7-2-1-3-8-21)25(24)32-18-19-11-13-22(14-12-19)30-26(31)29-17-20-6-5-15-28-16-20/h1-16H,17-18H2,(H2,29,30,31). The van der Waals surface area contributed by atoms with E-state index in [4.69, 9.17) is 4.74 Å². The Morgan fingerprint density at radius 1 is 0.875 bits per heavy atom. The Morgan fingerprint density at radius 3 is 2.44 bits per heavy atom. The molecule has 0 aliphatic heterocycles. The molecule has 0 aliphatic rings. The van der Waals surface area contributed by atoms with Crippen LogP contribution in [-0.4, -0.2) is 11.0 Å². The van der Waals surface area contributed by atoms with Crippen LogP contribution in [0.5, 0.6) is 5.75 Å². The smallest absolute Gasteiger partial charge is 0.319 e. The molecular formula is C26H22FN3O2. The highest BCUT2D eigenvalue weighted by molar-refractivity contribution is 5.89. The van der Waals surface area contributed by atoms with Crippen molar-refractivity contribution >= 4 is 11.7 Å². The number of nitrogens with zero attached hydrogens (tertiary/aromatic N) is 1. The molecule has 4 rings (SSSR count). The third-order valence-electron chi connectivity index (χ3n) is 4.82. The number of aromatic nitrogens is 1. The highest BCUT2D eigenvalue weighted by Gasteiger charge is 2.12. The van der Waals surface area contributed by atoms with Crippen LogP contribution in [0.15, 0.2) is 97.3 Å². The van der Waals surface area contributed by atoms with Gasteiger partial charge >= 0.3 is 6.03 Å². The maximum absolute atomic E-state index is 14.5. The Hall–Kier alpha value is -4.19. The van der Waals surface area contributed by atoms with Crippen molar-refractivity contribution in [2.24, 2.45) is 0 Å². The van der Waals surface area contributed by atoms with Crippen LogP contribution in [0.2, 0.25) is 0 Å². The van der Waals surface area contributed by atoms with E-state index in [-0.39, 0.29) is 18.4 Å². The zero-order valence-electron chi connectivity index (χ0n) is 17.3. The summed E-state index contributed by atoms with van der Waals surface area (Å²) in [5.74, 6) is -0.189. The molecule has 0 bridgehead atoms. The zero-order valence-corrected chi connectivity index (χ0v) is 17.3. The molecule has 2 N–H and O–H groups in total. The molecule has 0 spiro atoms. The Balaban J connectivity index is 1.35. The van der Waals surface area contributed by atoms with Crippen molar-refractivity contribution in [3.8, 4) is 16.9 Å². The number of hydrogen-bond acceptors (Lipinski definition) is 3. The average Bonchev–Trinajstić information content (AvgIpc) is 2.84. The van der Waals surface area contributed by atoms with Gasteiger partial charge in [0.05, 0.1) is 0 Å². The van der Waals surface area contributed by atoms with E-state index in [1.165, 1.54) is 6.07 Å². The molecule has 3 aromatic carbocycles. The van der Waals surface area contributed by atoms with Gasteiger partial charge in [-0.05, 0) is 41.0 Å². The molecule has 4 aromatic rings. The van der Waals surface area contributed by atoms with E-state index in [2.05, 4.69) is 15.6 Å². The second-order valence-corrected chi connectivity index (χ2v) is 7.14. The van der Waals surface area contributed by atoms with E-state index in [1.54, 1.807) is 30.6 Å². The normalized spacial score (nSPS) is 10.4. The Morgan fingerprint density at radius 2 is 1.69 bits per heavy atom. The lowest BCUT2D eigenvalue weighted by Crippen LogP contribution is -2.28. The molecule has 6 heteroatoms. The Kier molecular flexibility index (Phi) is 6.72. The zero-order chi connectivity index (χ0) is 22.2. The van der Waals surface area contributed by atoms with Crippen molar-refractivity contribution in [2.75, 3.05) is 5.32 Å². The van der Waals surface area contributed by atoms with Gasteiger partial charge in [-0.25, -0.2) is 9.18 Å². The molecule has 0 saturated heterocycles. The van der Waals surface area contributed by atoms with Gasteiger partial charge in [0.1, 0.15) is 6.61 Å². The third-order valence-corrected chi connectivity index (χ3v) is 4.82. The number of anilines is 1. The molecule has 160 valence electrons. The van der Waals surface area contributed by atoms with E-state index < -0.39 is 5.82 Å². The van der Waals surface area contributed by atoms with Crippen LogP contribution in [0.3, 0.4) is 0 Å². The molecule has 0 fully saturated rings. The lowest BCUT2D eigenvalue weighted by Gasteiger charge is -2.13. The van der Waals surface area contributed by atoms with E-state index in [9.17, 15) is 9.18 Å². The highest BCUT2D eigenvalue weighted by atomic mass is 19.1. The number of benzene rings is 3. The van der Waals surface area contributed by atoms with Crippen LogP contribution in [0.4, 0.5) is 14.9 Å². The summed E-state index contributed by atoms with van der Waals surface area (Å²) < 4.78 is 20.3. The van der Waals surface area contributed by atoms with Gasteiger partial charge in [0.2, 0.25) is 0 Å². The summed E-state index contributed by atoms with van der Waals surface area (Å²) in [7, 11) is 0. The van der Waals surface area contributed by atoms with Gasteiger partial charge in [0.25, 0.3) is 0 Å². The van der Waals surface area contributed by atoms with Crippen molar-refractivity contribution in [3.63, 3.8) is 0 Å². The van der Waals surface area contributed by atoms with Crippen LogP contribution in [0, 0.1) is 5.82 Å². The first-order valence-electron chi connectivity index (χ1n) is 10.2. The van der Waals surface area contributed by atoms with E-state index in [1.807, 2.05) is 60.7 Å². The van der Waals surface area contributed by atoms with Crippen molar-refractivity contribution in [3.05, 3.63) is 114 Å². The molecule has 32 heavy (non-hydrogen) atoms. The van der Waals surface area contributed by atoms with Gasteiger partial charge in [-0.2, -0.15) is 0 Å². The van der Waals surface area contributed by atoms with Crippen molar-refractivity contribution < 1.29 is 13.9 Å². The largest absolute Gasteiger partial charge is 0.485 e. The number of carbonyl (C=O) groups is 1. The van der Waals surface area contributed by atoms with Crippen LogP contribution in [-0.2, 0) is 13.2 Å². The minimum atomic E-state index is -0.407. The first-order chi connectivity index (χ1) is 15.7. The van der Waals surface area contributed by atoms with Gasteiger partial charge in [-0.1, -0.05) is 60.7 Å². The summed E-state index contributed by atoms with van der Waals surface area (Å²) in [4.78, 5) is 16.1. The van der Waals surface area contributed by atoms with Gasteiger partial charge in [-0.3, -0.25) is 4.98 Å². The quantitative estimate of drug-likeness (QED) is 0.392. The van der Waals surface area contributed by atoms with Crippen LogP contribution in [0.1, 0.15) is 11.1 Å². The number of ether oxygens (including phenoxy) is 1. The molecule has 0 atom stereocenters. The van der Waals surface area contributed by atoms with Gasteiger partial charge in [-0.15, -0.1) is 0 Å². The van der Waals surface area contributed by atoms with Crippen molar-refractivity contribution in [2.45, 2.75) is 13.2 Å². The van der Waals surface area contributed by atoms with Crippen LogP contribution >= 0.6 is 0 Å². The fourth-order valence-electron chi connectivity index (χ4n) is 3.20. The average molecular weight is 427 g/mol. The predicted octanol–water partition coefficient (Wildman–Crippen LogP) is 5.79. The summed E-state index contributed by atoms with van der Waals surface area (Å²) in [5, 5.41) is 5.56. The maximum atomic E-state index is 14.5. The third kappa shape index (κ3) is 5.49. The summed E-state index contributed by atoms with van der Waals surface area (Å²) in [5.41, 5.74) is 4.01. The number of carbonyl (C=O) groups excluding carboxylic acids is 1. The number of rotatable bonds is 7. The molecule has 5 nitrogen and oxygen atoms in total. The second-order valence-electron chi connectivity index (χ2n) is 7.14. The number of nitrogens with one attached hydrogen (secondary N) is 2. The minimum absolute atomic E-state index is 0.203. The van der Waals surface area contributed by atoms with E-state index >= 15 is 0 Å². The molecule has 0 radical (unpaired) electrons. The summed E-state index contributed by atoms with van der Waals surface area (Å²) in [6.45, 7) is 0.590. The summed E-state index contributed by atoms with van der Waals surface area (Å²) in [6.07, 6.45) is 3.39. The lowest BCUT2D eigenvalue weighted by molar-refractivity contribution is 0.251. The highest BCUT2D eigenvalue weighted by Crippen LogP contribution is 2.32. The van der Waals surface area contributed by atoms with Gasteiger partial charge in [0.15, 0.2) is 11.6 Å². The lowest BCUT2D eigenvalue weighted by atomic mass is 10.0. The first-order valence-corrected chi connectivity index (χ1v) is 10.2. The Labute approximate surface area is 185 Å². The SMILES string of the molecule is O=C(NCc1cccnc1)Nc1ccc(COc2c(F)cccc2-c2ccccc2)cc1. The number of pyridine rings is 1. The van der Waals surface area contributed by atoms with Gasteiger partial charge < -0.3 is 15.4 Å². The van der Waals surface area contributed by atoms with Crippen molar-refractivity contribution in [1.29, 1.82) is 0 Å². The Bertz CT molecular complexity index is 1170. The number of hydrogen-bond donors (Lipinski definition) is 2. The topological polar surface area (TPSA) is 63.2 Å². The number of para-hydroxylation sites is 1. The summed E-state index contributed by atoms with van der Waals surface area (Å²) >= 11 is 0. The molecule has 1 aromatic heterocycles. The molecule has 1 heterocycles. The van der Waals surface area contributed by atoms with E-state index in [0.717, 1.165) is 16.7 Å². The molecular weight excluding hydrogens is 405 g/mol. The second kappa shape index (κ2) is 10.2. The monoisotopic (exact) mass is 427 g/mol. The predicted molar refractivity (Wildman–Crippen MR) is 123 cm³/mol. The first kappa shape index (κ1) is 21.1. The fourth-order valence-corrected chi connectivity index (χ4v) is 3.20. The molecule has 0 aliphatic carbocycles. The minimum Gasteiger partial charge on any atom is -0.485 e. The maximum Gasteiger partial charge on any atom is 0.319 e. The molecule has 2 amide bonds. The van der Waals surface area contributed by atoms with Crippen LogP contribution in [0.25, 0.3) is 11.1 Å². The van der Waals surface area contributed by atoms with Gasteiger partial charge in [0, 0.05) is 30.2 Å². The number of urea groups is 1. The summed E-state index contributed by atoms with van der Waals surface area (Å²) in [6, 6.07) is 25.1. The fraction of sp³-hybridized carbons (Fsp3) is 0.0769. The van der Waals surface area contributed by atoms with Crippen molar-refractivity contribution in [1.82, 2.24) is 10.3 Å². The molecule has 0 unspecified atom stereocenters. The van der Waals surface area contributed by atoms with Crippen LogP contribution < -0.4 is 15.4 Å². The molecule has 0 saturated carbocycles. The number of halogens is 1. The number of amides is 2. The van der Waals surface area contributed by atoms with E-state index in [0.29, 0.717) is 17.8 Å².